The molecule has 1 aromatic rings. The molecule has 1 aromatic carbocycles. The number of guanidine groups is 1. The van der Waals surface area contributed by atoms with E-state index in [4.69, 9.17) is 21.1 Å². The Labute approximate surface area is 172 Å². The van der Waals surface area contributed by atoms with Crippen molar-refractivity contribution in [2.45, 2.75) is 19.8 Å². The lowest BCUT2D eigenvalue weighted by Gasteiger charge is -2.12. The second kappa shape index (κ2) is 13.4. The summed E-state index contributed by atoms with van der Waals surface area (Å²) in [7, 11) is 0. The van der Waals surface area contributed by atoms with Crippen molar-refractivity contribution in [2.24, 2.45) is 10.9 Å². The van der Waals surface area contributed by atoms with Gasteiger partial charge in [-0.2, -0.15) is 0 Å². The van der Waals surface area contributed by atoms with E-state index in [1.54, 1.807) is 24.3 Å². The van der Waals surface area contributed by atoms with E-state index in [0.29, 0.717) is 42.7 Å². The van der Waals surface area contributed by atoms with Gasteiger partial charge < -0.3 is 25.4 Å². The summed E-state index contributed by atoms with van der Waals surface area (Å²) in [6, 6.07) is 7.00. The van der Waals surface area contributed by atoms with E-state index in [0.717, 1.165) is 45.2 Å². The maximum absolute atomic E-state index is 12.1. The van der Waals surface area contributed by atoms with Crippen LogP contribution in [0.1, 0.15) is 30.1 Å². The van der Waals surface area contributed by atoms with Crippen molar-refractivity contribution >= 4 is 23.5 Å². The third-order valence-electron chi connectivity index (χ3n) is 4.26. The summed E-state index contributed by atoms with van der Waals surface area (Å²) in [5.41, 5.74) is 0.480. The van der Waals surface area contributed by atoms with Crippen LogP contribution in [-0.2, 0) is 9.47 Å². The highest BCUT2D eigenvalue weighted by atomic mass is 35.5. The number of nitrogens with zero attached hydrogens (tertiary/aromatic N) is 1. The molecule has 0 radical (unpaired) electrons. The fourth-order valence-electron chi connectivity index (χ4n) is 2.76. The molecule has 1 fully saturated rings. The Morgan fingerprint density at radius 3 is 2.86 bits per heavy atom. The Kier molecular flexibility index (Phi) is 10.7. The Balaban J connectivity index is 1.59. The van der Waals surface area contributed by atoms with Crippen molar-refractivity contribution in [3.63, 3.8) is 0 Å². The predicted octanol–water partition coefficient (Wildman–Crippen LogP) is 2.07. The minimum absolute atomic E-state index is 0.181. The summed E-state index contributed by atoms with van der Waals surface area (Å²) < 4.78 is 11.0. The lowest BCUT2D eigenvalue weighted by molar-refractivity contribution is 0.0893. The summed E-state index contributed by atoms with van der Waals surface area (Å²) in [5, 5.41) is 9.71. The summed E-state index contributed by atoms with van der Waals surface area (Å²) in [6.45, 7) is 7.66. The molecule has 1 unspecified atom stereocenters. The molecule has 1 saturated heterocycles. The standard InChI is InChI=1S/C20H31ClN4O3/c1-2-22-20(24-9-5-12-27-14-16-8-13-28-15-16)25-11-10-23-19(26)17-6-3-4-7-18(17)21/h3-4,6-7,16H,2,5,8-15H2,1H3,(H,23,26)(H2,22,24,25). The molecule has 1 heterocycles. The van der Waals surface area contributed by atoms with Crippen molar-refractivity contribution in [2.75, 3.05) is 52.6 Å². The van der Waals surface area contributed by atoms with Gasteiger partial charge in [-0.1, -0.05) is 23.7 Å². The molecule has 2 rings (SSSR count). The van der Waals surface area contributed by atoms with Crippen LogP contribution in [0.4, 0.5) is 0 Å². The van der Waals surface area contributed by atoms with Gasteiger partial charge in [-0.3, -0.25) is 9.79 Å². The largest absolute Gasteiger partial charge is 0.381 e. The molecule has 1 atom stereocenters. The first-order valence-electron chi connectivity index (χ1n) is 9.91. The first kappa shape index (κ1) is 22.5. The van der Waals surface area contributed by atoms with Gasteiger partial charge in [0.05, 0.1) is 23.8 Å². The summed E-state index contributed by atoms with van der Waals surface area (Å²) >= 11 is 6.03. The minimum atomic E-state index is -0.181. The minimum Gasteiger partial charge on any atom is -0.381 e. The van der Waals surface area contributed by atoms with E-state index in [1.165, 1.54) is 0 Å². The third-order valence-corrected chi connectivity index (χ3v) is 4.59. The van der Waals surface area contributed by atoms with Crippen LogP contribution in [0.3, 0.4) is 0 Å². The van der Waals surface area contributed by atoms with Gasteiger partial charge in [-0.25, -0.2) is 0 Å². The average Bonchev–Trinajstić information content (AvgIpc) is 3.21. The number of hydrogen-bond acceptors (Lipinski definition) is 4. The summed E-state index contributed by atoms with van der Waals surface area (Å²) in [6.07, 6.45) is 1.97. The molecule has 0 aliphatic carbocycles. The van der Waals surface area contributed by atoms with E-state index >= 15 is 0 Å². The van der Waals surface area contributed by atoms with Crippen LogP contribution < -0.4 is 16.0 Å². The fourth-order valence-corrected chi connectivity index (χ4v) is 2.98. The van der Waals surface area contributed by atoms with E-state index in [-0.39, 0.29) is 5.91 Å². The van der Waals surface area contributed by atoms with Gasteiger partial charge in [0.25, 0.3) is 5.91 Å². The number of carbonyl (C=O) groups is 1. The van der Waals surface area contributed by atoms with Crippen molar-refractivity contribution in [1.82, 2.24) is 16.0 Å². The predicted molar refractivity (Wildman–Crippen MR) is 112 cm³/mol. The maximum atomic E-state index is 12.1. The third kappa shape index (κ3) is 8.46. The highest BCUT2D eigenvalue weighted by molar-refractivity contribution is 6.33. The second-order valence-electron chi connectivity index (χ2n) is 6.58. The number of benzene rings is 1. The smallest absolute Gasteiger partial charge is 0.252 e. The van der Waals surface area contributed by atoms with Crippen LogP contribution in [0.2, 0.25) is 5.02 Å². The highest BCUT2D eigenvalue weighted by Gasteiger charge is 2.15. The fraction of sp³-hybridized carbons (Fsp3) is 0.600. The first-order chi connectivity index (χ1) is 13.7. The van der Waals surface area contributed by atoms with E-state index < -0.39 is 0 Å². The van der Waals surface area contributed by atoms with Gasteiger partial charge in [0.15, 0.2) is 5.96 Å². The van der Waals surface area contributed by atoms with E-state index in [1.807, 2.05) is 6.92 Å². The topological polar surface area (TPSA) is 84.0 Å². The quantitative estimate of drug-likeness (QED) is 0.295. The van der Waals surface area contributed by atoms with Crippen LogP contribution in [0, 0.1) is 5.92 Å². The number of carbonyl (C=O) groups excluding carboxylic acids is 1. The zero-order valence-electron chi connectivity index (χ0n) is 16.5. The number of ether oxygens (including phenoxy) is 2. The first-order valence-corrected chi connectivity index (χ1v) is 10.3. The molecular formula is C20H31ClN4O3. The molecule has 1 aliphatic heterocycles. The molecule has 0 aromatic heterocycles. The van der Waals surface area contributed by atoms with Crippen LogP contribution >= 0.6 is 11.6 Å². The lowest BCUT2D eigenvalue weighted by Crippen LogP contribution is -2.41. The van der Waals surface area contributed by atoms with Crippen LogP contribution in [0.15, 0.2) is 29.3 Å². The van der Waals surface area contributed by atoms with Gasteiger partial charge in [0.2, 0.25) is 0 Å². The number of amides is 1. The van der Waals surface area contributed by atoms with Gasteiger partial charge >= 0.3 is 0 Å². The van der Waals surface area contributed by atoms with Crippen molar-refractivity contribution in [3.05, 3.63) is 34.9 Å². The van der Waals surface area contributed by atoms with Gasteiger partial charge in [-0.05, 0) is 31.9 Å². The number of aliphatic imine (C=N–C) groups is 1. The SMILES string of the molecule is CCNC(=NCCCOCC1CCOC1)NCCNC(=O)c1ccccc1Cl. The molecule has 28 heavy (non-hydrogen) atoms. The normalized spacial score (nSPS) is 16.8. The second-order valence-corrected chi connectivity index (χ2v) is 6.99. The molecule has 8 heteroatoms. The average molecular weight is 411 g/mol. The van der Waals surface area contributed by atoms with E-state index in [9.17, 15) is 4.79 Å². The maximum Gasteiger partial charge on any atom is 0.252 e. The Morgan fingerprint density at radius 2 is 2.11 bits per heavy atom. The molecule has 0 bridgehead atoms. The van der Waals surface area contributed by atoms with Gasteiger partial charge in [0, 0.05) is 45.3 Å². The number of nitrogens with one attached hydrogen (secondary N) is 3. The number of halogens is 1. The zero-order valence-corrected chi connectivity index (χ0v) is 17.3. The lowest BCUT2D eigenvalue weighted by atomic mass is 10.1. The van der Waals surface area contributed by atoms with Gasteiger partial charge in [-0.15, -0.1) is 0 Å². The van der Waals surface area contributed by atoms with Crippen molar-refractivity contribution in [3.8, 4) is 0 Å². The Morgan fingerprint density at radius 1 is 1.29 bits per heavy atom. The number of hydrogen-bond donors (Lipinski definition) is 3. The molecular weight excluding hydrogens is 380 g/mol. The van der Waals surface area contributed by atoms with Gasteiger partial charge in [0.1, 0.15) is 0 Å². The molecule has 1 amide bonds. The molecule has 156 valence electrons. The van der Waals surface area contributed by atoms with Crippen LogP contribution in [0.5, 0.6) is 0 Å². The Bertz CT molecular complexity index is 621. The van der Waals surface area contributed by atoms with Crippen LogP contribution in [0.25, 0.3) is 0 Å². The molecule has 0 saturated carbocycles. The Hall–Kier alpha value is -1.83. The molecule has 3 N–H and O–H groups in total. The molecule has 0 spiro atoms. The monoisotopic (exact) mass is 410 g/mol. The van der Waals surface area contributed by atoms with Crippen LogP contribution in [-0.4, -0.2) is 64.5 Å². The highest BCUT2D eigenvalue weighted by Crippen LogP contribution is 2.14. The zero-order chi connectivity index (χ0) is 20.0. The van der Waals surface area contributed by atoms with Crippen molar-refractivity contribution in [1.29, 1.82) is 0 Å². The summed E-state index contributed by atoms with van der Waals surface area (Å²) in [4.78, 5) is 16.6. The summed E-state index contributed by atoms with van der Waals surface area (Å²) in [5.74, 6) is 1.10. The van der Waals surface area contributed by atoms with Crippen molar-refractivity contribution < 1.29 is 14.3 Å². The molecule has 1 aliphatic rings. The number of rotatable bonds is 11. The molecule has 7 nitrogen and oxygen atoms in total. The van der Waals surface area contributed by atoms with E-state index in [2.05, 4.69) is 20.9 Å².